The number of rotatable bonds is 12. The lowest BCUT2D eigenvalue weighted by molar-refractivity contribution is 0.361. The van der Waals surface area contributed by atoms with Gasteiger partial charge in [-0.2, -0.15) is 0 Å². The molecule has 3 saturated heterocycles. The van der Waals surface area contributed by atoms with Gasteiger partial charge in [-0.05, 0) is 38.5 Å². The van der Waals surface area contributed by atoms with E-state index >= 15 is 0 Å². The Kier molecular flexibility index (Phi) is 5.60. The van der Waals surface area contributed by atoms with Gasteiger partial charge in [-0.15, -0.1) is 0 Å². The lowest BCUT2D eigenvalue weighted by Gasteiger charge is -2.13. The molecule has 3 fully saturated rings. The molecule has 0 aliphatic carbocycles. The van der Waals surface area contributed by atoms with E-state index in [2.05, 4.69) is 0 Å². The first kappa shape index (κ1) is 18.6. The van der Waals surface area contributed by atoms with E-state index in [-0.39, 0.29) is 18.3 Å². The van der Waals surface area contributed by atoms with Gasteiger partial charge in [-0.1, -0.05) is 0 Å². The second-order valence-corrected chi connectivity index (χ2v) is 7.60. The monoisotopic (exact) mass is 381 g/mol. The largest absolute Gasteiger partial charge is 0.373 e. The molecular weight excluding hydrogens is 354 g/mol. The summed E-state index contributed by atoms with van der Waals surface area (Å²) in [6.45, 7) is 3.21. The Bertz CT molecular complexity index is 689. The average molecular weight is 381 g/mol. The highest BCUT2D eigenvalue weighted by Gasteiger charge is 2.24. The molecule has 150 valence electrons. The maximum atomic E-state index is 12.8. The van der Waals surface area contributed by atoms with E-state index in [1.807, 2.05) is 0 Å². The first-order chi connectivity index (χ1) is 13.1. The standard InChI is InChI=1S/C18H27N3O6/c22-16-19(7-1-4-13-10-25-13)17(23)21(9-3-6-15-12-27-15)18(24)20(16)8-2-5-14-11-26-14/h13-15H,1-12H2/t13-,14?,15?/m1/s1. The first-order valence-electron chi connectivity index (χ1n) is 9.93. The van der Waals surface area contributed by atoms with Crippen molar-refractivity contribution in [1.82, 2.24) is 13.7 Å². The van der Waals surface area contributed by atoms with Crippen molar-refractivity contribution >= 4 is 0 Å². The van der Waals surface area contributed by atoms with Gasteiger partial charge in [0.1, 0.15) is 0 Å². The second kappa shape index (κ2) is 8.12. The number of aromatic nitrogens is 3. The predicted molar refractivity (Wildman–Crippen MR) is 96.1 cm³/mol. The lowest BCUT2D eigenvalue weighted by atomic mass is 10.2. The smallest absolute Gasteiger partial charge is 0.336 e. The summed E-state index contributed by atoms with van der Waals surface area (Å²) in [6, 6.07) is 0. The summed E-state index contributed by atoms with van der Waals surface area (Å²) in [5.41, 5.74) is -1.50. The second-order valence-electron chi connectivity index (χ2n) is 7.60. The quantitative estimate of drug-likeness (QED) is 0.461. The van der Waals surface area contributed by atoms with Crippen LogP contribution in [0.15, 0.2) is 14.4 Å². The van der Waals surface area contributed by atoms with Crippen LogP contribution in [0.5, 0.6) is 0 Å². The molecule has 0 bridgehead atoms. The van der Waals surface area contributed by atoms with Crippen LogP contribution in [0, 0.1) is 0 Å². The topological polar surface area (TPSA) is 104 Å². The highest BCUT2D eigenvalue weighted by Crippen LogP contribution is 2.16. The molecule has 0 aromatic carbocycles. The van der Waals surface area contributed by atoms with Crippen molar-refractivity contribution in [2.75, 3.05) is 19.8 Å². The van der Waals surface area contributed by atoms with Gasteiger partial charge >= 0.3 is 17.1 Å². The molecule has 9 nitrogen and oxygen atoms in total. The molecular formula is C18H27N3O6. The Labute approximate surface area is 156 Å². The summed E-state index contributed by atoms with van der Waals surface area (Å²) in [5, 5.41) is 0. The van der Waals surface area contributed by atoms with Crippen LogP contribution in [-0.4, -0.2) is 51.8 Å². The number of epoxide rings is 3. The molecule has 4 heterocycles. The maximum absolute atomic E-state index is 12.8. The van der Waals surface area contributed by atoms with Gasteiger partial charge in [0.05, 0.1) is 38.1 Å². The Morgan fingerprint density at radius 3 is 1.07 bits per heavy atom. The minimum absolute atomic E-state index is 0.255. The summed E-state index contributed by atoms with van der Waals surface area (Å²) in [4.78, 5) is 38.3. The molecule has 0 spiro atoms. The van der Waals surface area contributed by atoms with E-state index < -0.39 is 17.1 Å². The Morgan fingerprint density at radius 1 is 0.593 bits per heavy atom. The van der Waals surface area contributed by atoms with Crippen molar-refractivity contribution in [2.45, 2.75) is 76.5 Å². The molecule has 1 aromatic rings. The van der Waals surface area contributed by atoms with E-state index in [9.17, 15) is 14.4 Å². The Morgan fingerprint density at radius 2 is 0.852 bits per heavy atom. The van der Waals surface area contributed by atoms with Crippen LogP contribution in [0.3, 0.4) is 0 Å². The zero-order valence-corrected chi connectivity index (χ0v) is 15.5. The van der Waals surface area contributed by atoms with Gasteiger partial charge in [0.25, 0.3) is 0 Å². The molecule has 3 aliphatic heterocycles. The molecule has 4 rings (SSSR count). The van der Waals surface area contributed by atoms with Crippen LogP contribution in [0.4, 0.5) is 0 Å². The SMILES string of the molecule is O=c1n(CCCC2CO2)c(=O)n(CCC[C@@H]2CO2)c(=O)n1CCCC1CO1. The van der Waals surface area contributed by atoms with Gasteiger partial charge in [-0.3, -0.25) is 0 Å². The van der Waals surface area contributed by atoms with Crippen molar-refractivity contribution in [3.05, 3.63) is 31.5 Å². The molecule has 0 radical (unpaired) electrons. The van der Waals surface area contributed by atoms with E-state index in [1.165, 1.54) is 13.7 Å². The van der Waals surface area contributed by atoms with Gasteiger partial charge in [-0.25, -0.2) is 28.1 Å². The van der Waals surface area contributed by atoms with Crippen molar-refractivity contribution in [3.63, 3.8) is 0 Å². The molecule has 0 N–H and O–H groups in total. The summed E-state index contributed by atoms with van der Waals surface area (Å²) in [5.74, 6) is 0. The molecule has 0 amide bonds. The van der Waals surface area contributed by atoms with Gasteiger partial charge in [0.15, 0.2) is 0 Å². The van der Waals surface area contributed by atoms with E-state index in [0.717, 1.165) is 39.1 Å². The summed E-state index contributed by atoms with van der Waals surface area (Å²) >= 11 is 0. The minimum atomic E-state index is -0.500. The van der Waals surface area contributed by atoms with E-state index in [4.69, 9.17) is 14.2 Å². The van der Waals surface area contributed by atoms with Gasteiger partial charge in [0.2, 0.25) is 0 Å². The molecule has 9 heteroatoms. The molecule has 0 saturated carbocycles. The number of hydrogen-bond acceptors (Lipinski definition) is 6. The Balaban J connectivity index is 1.52. The highest BCUT2D eigenvalue weighted by atomic mass is 16.6. The number of hydrogen-bond donors (Lipinski definition) is 0. The molecule has 1 aromatic heterocycles. The normalized spacial score (nSPS) is 25.6. The first-order valence-corrected chi connectivity index (χ1v) is 9.93. The molecule has 3 aliphatic rings. The zero-order valence-electron chi connectivity index (χ0n) is 15.5. The highest BCUT2D eigenvalue weighted by molar-refractivity contribution is 4.81. The lowest BCUT2D eigenvalue weighted by Crippen LogP contribution is -2.54. The zero-order chi connectivity index (χ0) is 18.8. The summed E-state index contributed by atoms with van der Waals surface area (Å²) < 4.78 is 19.2. The van der Waals surface area contributed by atoms with Crippen molar-refractivity contribution in [1.29, 1.82) is 0 Å². The third kappa shape index (κ3) is 4.97. The molecule has 27 heavy (non-hydrogen) atoms. The fourth-order valence-electron chi connectivity index (χ4n) is 3.39. The minimum Gasteiger partial charge on any atom is -0.373 e. The van der Waals surface area contributed by atoms with Crippen LogP contribution in [0.1, 0.15) is 38.5 Å². The fraction of sp³-hybridized carbons (Fsp3) is 0.833. The van der Waals surface area contributed by atoms with Gasteiger partial charge in [0, 0.05) is 19.6 Å². The van der Waals surface area contributed by atoms with E-state index in [1.54, 1.807) is 0 Å². The van der Waals surface area contributed by atoms with Gasteiger partial charge < -0.3 is 14.2 Å². The summed E-state index contributed by atoms with van der Waals surface area (Å²) in [6.07, 6.45) is 5.29. The van der Waals surface area contributed by atoms with Crippen molar-refractivity contribution < 1.29 is 14.2 Å². The van der Waals surface area contributed by atoms with E-state index in [0.29, 0.717) is 38.9 Å². The summed E-state index contributed by atoms with van der Waals surface area (Å²) in [7, 11) is 0. The Hall–Kier alpha value is -1.71. The predicted octanol–water partition coefficient (Wildman–Crippen LogP) is -0.291. The average Bonchev–Trinajstić information content (AvgIpc) is 3.49. The van der Waals surface area contributed by atoms with Crippen LogP contribution in [0.25, 0.3) is 0 Å². The molecule has 2 unspecified atom stereocenters. The van der Waals surface area contributed by atoms with Crippen LogP contribution in [0.2, 0.25) is 0 Å². The van der Waals surface area contributed by atoms with Crippen LogP contribution >= 0.6 is 0 Å². The van der Waals surface area contributed by atoms with Crippen LogP contribution in [-0.2, 0) is 33.8 Å². The third-order valence-electron chi connectivity index (χ3n) is 5.32. The number of ether oxygens (including phenoxy) is 3. The third-order valence-corrected chi connectivity index (χ3v) is 5.32. The van der Waals surface area contributed by atoms with Crippen molar-refractivity contribution in [2.24, 2.45) is 0 Å². The van der Waals surface area contributed by atoms with Crippen LogP contribution < -0.4 is 17.1 Å². The van der Waals surface area contributed by atoms with Crippen molar-refractivity contribution in [3.8, 4) is 0 Å². The number of nitrogens with zero attached hydrogens (tertiary/aromatic N) is 3. The maximum Gasteiger partial charge on any atom is 0.336 e. The molecule has 3 atom stereocenters. The fourth-order valence-corrected chi connectivity index (χ4v) is 3.39.